The van der Waals surface area contributed by atoms with Gasteiger partial charge in [-0.25, -0.2) is 4.79 Å². The van der Waals surface area contributed by atoms with Crippen LogP contribution in [0.25, 0.3) is 0 Å². The first-order valence-corrected chi connectivity index (χ1v) is 6.60. The topological polar surface area (TPSA) is 84.6 Å². The van der Waals surface area contributed by atoms with E-state index in [0.29, 0.717) is 0 Å². The molecule has 0 fully saturated rings. The van der Waals surface area contributed by atoms with Crippen molar-refractivity contribution in [2.24, 2.45) is 0 Å². The number of nitrogen functional groups attached to an aromatic ring is 1. The maximum Gasteiger partial charge on any atom is 0.337 e. The number of methoxy groups -OCH3 is 1. The van der Waals surface area contributed by atoms with Crippen molar-refractivity contribution in [2.75, 3.05) is 24.7 Å². The van der Waals surface area contributed by atoms with Gasteiger partial charge in [-0.15, -0.1) is 0 Å². The lowest BCUT2D eigenvalue weighted by Crippen LogP contribution is -2.07. The summed E-state index contributed by atoms with van der Waals surface area (Å²) in [5.74, 6) is -0.180. The number of carboxylic acid groups (broad SMARTS) is 1. The van der Waals surface area contributed by atoms with Crippen LogP contribution in [0, 0.1) is 0 Å². The fraction of sp³-hybridized carbons (Fsp3) is 0.188. The van der Waals surface area contributed by atoms with E-state index in [1.807, 2.05) is 24.3 Å². The van der Waals surface area contributed by atoms with Crippen molar-refractivity contribution in [2.45, 2.75) is 6.42 Å². The number of carboxylic acids is 1. The van der Waals surface area contributed by atoms with Gasteiger partial charge in [0.2, 0.25) is 0 Å². The van der Waals surface area contributed by atoms with E-state index in [0.717, 1.165) is 24.4 Å². The molecule has 0 bridgehead atoms. The number of aromatic carboxylic acids is 1. The molecule has 2 aromatic rings. The van der Waals surface area contributed by atoms with Gasteiger partial charge in [-0.3, -0.25) is 0 Å². The highest BCUT2D eigenvalue weighted by Crippen LogP contribution is 2.18. The zero-order chi connectivity index (χ0) is 15.2. The van der Waals surface area contributed by atoms with Gasteiger partial charge < -0.3 is 20.9 Å². The summed E-state index contributed by atoms with van der Waals surface area (Å²) in [4.78, 5) is 10.9. The summed E-state index contributed by atoms with van der Waals surface area (Å²) in [6.07, 6.45) is 0.852. The predicted molar refractivity (Wildman–Crippen MR) is 83.0 cm³/mol. The minimum Gasteiger partial charge on any atom is -0.497 e. The third-order valence-corrected chi connectivity index (χ3v) is 3.18. The molecular weight excluding hydrogens is 268 g/mol. The third kappa shape index (κ3) is 3.89. The van der Waals surface area contributed by atoms with Crippen LogP contribution in [0.1, 0.15) is 15.9 Å². The first-order chi connectivity index (χ1) is 10.1. The summed E-state index contributed by atoms with van der Waals surface area (Å²) in [5, 5.41) is 12.1. The van der Waals surface area contributed by atoms with Crippen LogP contribution in [-0.4, -0.2) is 24.7 Å². The van der Waals surface area contributed by atoms with E-state index in [2.05, 4.69) is 5.32 Å². The molecule has 2 rings (SSSR count). The lowest BCUT2D eigenvalue weighted by atomic mass is 10.1. The van der Waals surface area contributed by atoms with Crippen molar-refractivity contribution >= 4 is 17.3 Å². The first kappa shape index (κ1) is 14.7. The maximum atomic E-state index is 10.9. The van der Waals surface area contributed by atoms with Crippen LogP contribution in [0.5, 0.6) is 5.75 Å². The Morgan fingerprint density at radius 2 is 1.95 bits per heavy atom. The van der Waals surface area contributed by atoms with Crippen LogP contribution in [0.3, 0.4) is 0 Å². The number of hydrogen-bond donors (Lipinski definition) is 3. The van der Waals surface area contributed by atoms with Crippen molar-refractivity contribution in [1.82, 2.24) is 0 Å². The van der Waals surface area contributed by atoms with Gasteiger partial charge in [-0.1, -0.05) is 12.1 Å². The average Bonchev–Trinajstić information content (AvgIpc) is 2.47. The van der Waals surface area contributed by atoms with E-state index in [4.69, 9.17) is 15.6 Å². The molecule has 21 heavy (non-hydrogen) atoms. The van der Waals surface area contributed by atoms with Crippen molar-refractivity contribution < 1.29 is 14.6 Å². The number of benzene rings is 2. The molecule has 0 radical (unpaired) electrons. The van der Waals surface area contributed by atoms with Gasteiger partial charge in [0.25, 0.3) is 0 Å². The third-order valence-electron chi connectivity index (χ3n) is 3.18. The molecule has 2 aromatic carbocycles. The molecule has 5 heteroatoms. The molecule has 0 aliphatic heterocycles. The number of ether oxygens (including phenoxy) is 1. The fourth-order valence-corrected chi connectivity index (χ4v) is 2.01. The van der Waals surface area contributed by atoms with E-state index >= 15 is 0 Å². The zero-order valence-electron chi connectivity index (χ0n) is 11.8. The van der Waals surface area contributed by atoms with Gasteiger partial charge in [-0.2, -0.15) is 0 Å². The second-order valence-corrected chi connectivity index (χ2v) is 4.63. The summed E-state index contributed by atoms with van der Waals surface area (Å²) in [6, 6.07) is 12.7. The molecule has 0 spiro atoms. The molecule has 0 atom stereocenters. The molecule has 0 saturated heterocycles. The molecule has 0 amide bonds. The highest BCUT2D eigenvalue weighted by atomic mass is 16.5. The monoisotopic (exact) mass is 286 g/mol. The quantitative estimate of drug-likeness (QED) is 0.711. The van der Waals surface area contributed by atoms with E-state index in [-0.39, 0.29) is 11.3 Å². The Labute approximate surface area is 123 Å². The molecule has 0 unspecified atom stereocenters. The number of anilines is 2. The second-order valence-electron chi connectivity index (χ2n) is 4.63. The molecule has 4 N–H and O–H groups in total. The summed E-state index contributed by atoms with van der Waals surface area (Å²) >= 11 is 0. The summed E-state index contributed by atoms with van der Waals surface area (Å²) in [6.45, 7) is 0.734. The normalized spacial score (nSPS) is 10.1. The van der Waals surface area contributed by atoms with Crippen LogP contribution < -0.4 is 15.8 Å². The molecule has 0 aromatic heterocycles. The Hall–Kier alpha value is -2.69. The van der Waals surface area contributed by atoms with Gasteiger partial charge in [-0.05, 0) is 42.3 Å². The van der Waals surface area contributed by atoms with E-state index < -0.39 is 5.97 Å². The molecule has 5 nitrogen and oxygen atoms in total. The van der Waals surface area contributed by atoms with Crippen LogP contribution >= 0.6 is 0 Å². The number of nitrogens with one attached hydrogen (secondary N) is 1. The van der Waals surface area contributed by atoms with Crippen LogP contribution in [0.4, 0.5) is 11.4 Å². The molecule has 0 aliphatic carbocycles. The van der Waals surface area contributed by atoms with Crippen LogP contribution in [0.2, 0.25) is 0 Å². The van der Waals surface area contributed by atoms with Gasteiger partial charge in [0, 0.05) is 17.9 Å². The predicted octanol–water partition coefficient (Wildman–Crippen LogP) is 2.63. The summed E-state index contributed by atoms with van der Waals surface area (Å²) in [7, 11) is 1.64. The minimum atomic E-state index is -1.02. The molecule has 110 valence electrons. The van der Waals surface area contributed by atoms with Crippen molar-refractivity contribution in [3.05, 3.63) is 53.6 Å². The van der Waals surface area contributed by atoms with Gasteiger partial charge >= 0.3 is 5.97 Å². The smallest absolute Gasteiger partial charge is 0.337 e. The summed E-state index contributed by atoms with van der Waals surface area (Å²) < 4.78 is 5.11. The highest BCUT2D eigenvalue weighted by molar-refractivity contribution is 5.94. The Bertz CT molecular complexity index is 624. The Kier molecular flexibility index (Phi) is 4.66. The van der Waals surface area contributed by atoms with Crippen LogP contribution in [-0.2, 0) is 6.42 Å². The molecule has 0 heterocycles. The Morgan fingerprint density at radius 1 is 1.24 bits per heavy atom. The molecule has 0 aliphatic rings. The van der Waals surface area contributed by atoms with Crippen molar-refractivity contribution in [3.8, 4) is 5.75 Å². The molecule has 0 saturated carbocycles. The Morgan fingerprint density at radius 3 is 2.52 bits per heavy atom. The lowest BCUT2D eigenvalue weighted by molar-refractivity contribution is 0.0698. The fourth-order valence-electron chi connectivity index (χ4n) is 2.01. The number of carbonyl (C=O) groups is 1. The molecular formula is C16H18N2O3. The van der Waals surface area contributed by atoms with Gasteiger partial charge in [0.1, 0.15) is 5.75 Å². The second kappa shape index (κ2) is 6.65. The largest absolute Gasteiger partial charge is 0.497 e. The highest BCUT2D eigenvalue weighted by Gasteiger charge is 2.07. The Balaban J connectivity index is 1.91. The zero-order valence-corrected chi connectivity index (χ0v) is 11.8. The number of nitrogens with two attached hydrogens (primary N) is 1. The minimum absolute atomic E-state index is 0.121. The van der Waals surface area contributed by atoms with Gasteiger partial charge in [0.15, 0.2) is 0 Å². The van der Waals surface area contributed by atoms with E-state index in [9.17, 15) is 4.79 Å². The van der Waals surface area contributed by atoms with Crippen molar-refractivity contribution in [3.63, 3.8) is 0 Å². The van der Waals surface area contributed by atoms with Gasteiger partial charge in [0.05, 0.1) is 12.7 Å². The standard InChI is InChI=1S/C16H18N2O3/c1-21-13-5-2-11(3-6-13)8-9-18-12-4-7-14(16(19)20)15(17)10-12/h2-7,10,18H,8-9,17H2,1H3,(H,19,20). The average molecular weight is 286 g/mol. The number of rotatable bonds is 6. The summed E-state index contributed by atoms with van der Waals surface area (Å²) in [5.41, 5.74) is 8.09. The number of hydrogen-bond acceptors (Lipinski definition) is 4. The maximum absolute atomic E-state index is 10.9. The van der Waals surface area contributed by atoms with Crippen molar-refractivity contribution in [1.29, 1.82) is 0 Å². The SMILES string of the molecule is COc1ccc(CCNc2ccc(C(=O)O)c(N)c2)cc1. The van der Waals surface area contributed by atoms with E-state index in [1.54, 1.807) is 19.2 Å². The lowest BCUT2D eigenvalue weighted by Gasteiger charge is -2.09. The van der Waals surface area contributed by atoms with E-state index in [1.165, 1.54) is 11.6 Å². The first-order valence-electron chi connectivity index (χ1n) is 6.60. The van der Waals surface area contributed by atoms with Crippen LogP contribution in [0.15, 0.2) is 42.5 Å².